The van der Waals surface area contributed by atoms with E-state index in [9.17, 15) is 4.79 Å². The molecule has 2 atom stereocenters. The minimum atomic E-state index is 0. The van der Waals surface area contributed by atoms with Crippen molar-refractivity contribution in [2.45, 2.75) is 38.6 Å². The lowest BCUT2D eigenvalue weighted by molar-refractivity contribution is -0.117. The van der Waals surface area contributed by atoms with Gasteiger partial charge in [0.15, 0.2) is 0 Å². The Morgan fingerprint density at radius 2 is 2.09 bits per heavy atom. The minimum Gasteiger partial charge on any atom is -0.327 e. The molecular weight excluding hydrogens is 330 g/mol. The number of nitrogens with one attached hydrogen (secondary N) is 1. The minimum absolute atomic E-state index is 0. The Bertz CT molecular complexity index is 656. The lowest BCUT2D eigenvalue weighted by Crippen LogP contribution is -2.28. The molecule has 6 heteroatoms. The summed E-state index contributed by atoms with van der Waals surface area (Å²) in [5.41, 5.74) is 8.96. The van der Waals surface area contributed by atoms with Crippen LogP contribution in [0.5, 0.6) is 0 Å². The predicted octanol–water partition coefficient (Wildman–Crippen LogP) is 4.00. The van der Waals surface area contributed by atoms with Crippen molar-refractivity contribution in [3.63, 3.8) is 0 Å². The van der Waals surface area contributed by atoms with Crippen molar-refractivity contribution in [2.24, 2.45) is 11.7 Å². The number of rotatable bonds is 4. The van der Waals surface area contributed by atoms with Crippen LogP contribution in [0.25, 0.3) is 10.6 Å². The molecule has 1 aromatic carbocycles. The highest BCUT2D eigenvalue weighted by Gasteiger charge is 2.25. The first kappa shape index (κ1) is 17.9. The molecule has 23 heavy (non-hydrogen) atoms. The summed E-state index contributed by atoms with van der Waals surface area (Å²) in [6.45, 7) is 1.99. The van der Waals surface area contributed by atoms with Gasteiger partial charge in [-0.1, -0.05) is 6.42 Å². The third-order valence-corrected chi connectivity index (χ3v) is 5.21. The summed E-state index contributed by atoms with van der Waals surface area (Å²) in [6.07, 6.45) is 3.77. The van der Waals surface area contributed by atoms with Crippen LogP contribution in [0.4, 0.5) is 5.69 Å². The average molecular weight is 352 g/mol. The Morgan fingerprint density at radius 1 is 1.35 bits per heavy atom. The van der Waals surface area contributed by atoms with Crippen LogP contribution in [-0.2, 0) is 4.79 Å². The Morgan fingerprint density at radius 3 is 2.65 bits per heavy atom. The molecule has 0 radical (unpaired) electrons. The number of hydrogen-bond acceptors (Lipinski definition) is 4. The first-order valence-corrected chi connectivity index (χ1v) is 8.58. The summed E-state index contributed by atoms with van der Waals surface area (Å²) in [4.78, 5) is 16.6. The Labute approximate surface area is 146 Å². The SMILES string of the molecule is Cc1csc(-c2ccc(NC(=O)C[C@@H]3CCC[C@H]3N)cc2)n1.Cl. The maximum atomic E-state index is 12.1. The molecule has 3 N–H and O–H groups in total. The van der Waals surface area contributed by atoms with Crippen LogP contribution in [-0.4, -0.2) is 16.9 Å². The van der Waals surface area contributed by atoms with Crippen molar-refractivity contribution in [3.8, 4) is 10.6 Å². The Hall–Kier alpha value is -1.43. The van der Waals surface area contributed by atoms with Crippen molar-refractivity contribution < 1.29 is 4.79 Å². The highest BCUT2D eigenvalue weighted by Crippen LogP contribution is 2.28. The van der Waals surface area contributed by atoms with Gasteiger partial charge in [0.1, 0.15) is 5.01 Å². The van der Waals surface area contributed by atoms with Gasteiger partial charge in [-0.3, -0.25) is 4.79 Å². The molecule has 0 aliphatic heterocycles. The third kappa shape index (κ3) is 4.53. The molecule has 1 saturated carbocycles. The summed E-state index contributed by atoms with van der Waals surface area (Å²) in [6, 6.07) is 8.03. The summed E-state index contributed by atoms with van der Waals surface area (Å²) in [5, 5.41) is 6.01. The zero-order valence-corrected chi connectivity index (χ0v) is 14.8. The number of amides is 1. The second kappa shape index (κ2) is 7.90. The van der Waals surface area contributed by atoms with E-state index in [0.717, 1.165) is 41.2 Å². The molecule has 0 bridgehead atoms. The molecule has 1 heterocycles. The number of thiazole rings is 1. The van der Waals surface area contributed by atoms with E-state index in [-0.39, 0.29) is 24.4 Å². The molecule has 0 unspecified atom stereocenters. The first-order chi connectivity index (χ1) is 10.6. The standard InChI is InChI=1S/C17H21N3OS.ClH/c1-11-10-22-17(19-11)12-5-7-14(8-6-12)20-16(21)9-13-3-2-4-15(13)18;/h5-8,10,13,15H,2-4,9,18H2,1H3,(H,20,21);1H/t13-,15+;/m0./s1. The number of aryl methyl sites for hydroxylation is 1. The van der Waals surface area contributed by atoms with Crippen LogP contribution < -0.4 is 11.1 Å². The van der Waals surface area contributed by atoms with Crippen LogP contribution in [0.1, 0.15) is 31.4 Å². The topological polar surface area (TPSA) is 68.0 Å². The van der Waals surface area contributed by atoms with Gasteiger partial charge in [0.2, 0.25) is 5.91 Å². The highest BCUT2D eigenvalue weighted by atomic mass is 35.5. The van der Waals surface area contributed by atoms with Crippen LogP contribution >= 0.6 is 23.7 Å². The van der Waals surface area contributed by atoms with Crippen LogP contribution in [0.15, 0.2) is 29.6 Å². The van der Waals surface area contributed by atoms with Crippen molar-refractivity contribution in [2.75, 3.05) is 5.32 Å². The summed E-state index contributed by atoms with van der Waals surface area (Å²) < 4.78 is 0. The second-order valence-electron chi connectivity index (χ2n) is 5.98. The van der Waals surface area contributed by atoms with Gasteiger partial charge < -0.3 is 11.1 Å². The number of benzene rings is 1. The van der Waals surface area contributed by atoms with E-state index < -0.39 is 0 Å². The van der Waals surface area contributed by atoms with E-state index in [1.807, 2.05) is 36.6 Å². The number of halogens is 1. The zero-order chi connectivity index (χ0) is 15.5. The Kier molecular flexibility index (Phi) is 6.16. The number of nitrogens with two attached hydrogens (primary N) is 1. The molecule has 1 fully saturated rings. The summed E-state index contributed by atoms with van der Waals surface area (Å²) >= 11 is 1.63. The number of aromatic nitrogens is 1. The fourth-order valence-corrected chi connectivity index (χ4v) is 3.76. The fourth-order valence-electron chi connectivity index (χ4n) is 2.95. The smallest absolute Gasteiger partial charge is 0.224 e. The molecule has 124 valence electrons. The van der Waals surface area contributed by atoms with E-state index in [0.29, 0.717) is 12.3 Å². The van der Waals surface area contributed by atoms with E-state index in [1.165, 1.54) is 0 Å². The molecule has 0 saturated heterocycles. The monoisotopic (exact) mass is 351 g/mol. The normalized spacial score (nSPS) is 20.1. The van der Waals surface area contributed by atoms with Gasteiger partial charge in [-0.05, 0) is 49.9 Å². The van der Waals surface area contributed by atoms with E-state index in [1.54, 1.807) is 11.3 Å². The molecule has 0 spiro atoms. The molecule has 1 amide bonds. The lowest BCUT2D eigenvalue weighted by atomic mass is 10.00. The lowest BCUT2D eigenvalue weighted by Gasteiger charge is -2.14. The van der Waals surface area contributed by atoms with Crippen molar-refractivity contribution in [1.29, 1.82) is 0 Å². The number of carbonyl (C=O) groups is 1. The average Bonchev–Trinajstić information content (AvgIpc) is 3.09. The fraction of sp³-hybridized carbons (Fsp3) is 0.412. The molecule has 1 aliphatic carbocycles. The van der Waals surface area contributed by atoms with Crippen LogP contribution in [0, 0.1) is 12.8 Å². The van der Waals surface area contributed by atoms with Crippen LogP contribution in [0.3, 0.4) is 0 Å². The molecule has 1 aromatic heterocycles. The predicted molar refractivity (Wildman–Crippen MR) is 98.1 cm³/mol. The van der Waals surface area contributed by atoms with Gasteiger partial charge in [0.05, 0.1) is 0 Å². The summed E-state index contributed by atoms with van der Waals surface area (Å²) in [5.74, 6) is 0.387. The molecular formula is C17H22ClN3OS. The second-order valence-corrected chi connectivity index (χ2v) is 6.84. The first-order valence-electron chi connectivity index (χ1n) is 7.70. The number of carbonyl (C=O) groups excluding carboxylic acids is 1. The largest absolute Gasteiger partial charge is 0.327 e. The molecule has 2 aromatic rings. The molecule has 4 nitrogen and oxygen atoms in total. The van der Waals surface area contributed by atoms with Gasteiger partial charge >= 0.3 is 0 Å². The van der Waals surface area contributed by atoms with Gasteiger partial charge in [-0.2, -0.15) is 0 Å². The number of anilines is 1. The van der Waals surface area contributed by atoms with E-state index >= 15 is 0 Å². The number of nitrogens with zero attached hydrogens (tertiary/aromatic N) is 1. The highest BCUT2D eigenvalue weighted by molar-refractivity contribution is 7.13. The maximum absolute atomic E-state index is 12.1. The van der Waals surface area contributed by atoms with Gasteiger partial charge in [-0.15, -0.1) is 23.7 Å². The van der Waals surface area contributed by atoms with E-state index in [4.69, 9.17) is 5.73 Å². The van der Waals surface area contributed by atoms with Gasteiger partial charge in [0, 0.05) is 34.8 Å². The summed E-state index contributed by atoms with van der Waals surface area (Å²) in [7, 11) is 0. The zero-order valence-electron chi connectivity index (χ0n) is 13.1. The molecule has 1 aliphatic rings. The van der Waals surface area contributed by atoms with E-state index in [2.05, 4.69) is 10.3 Å². The van der Waals surface area contributed by atoms with Gasteiger partial charge in [0.25, 0.3) is 0 Å². The Balaban J connectivity index is 0.00000192. The van der Waals surface area contributed by atoms with Crippen molar-refractivity contribution in [1.82, 2.24) is 4.98 Å². The van der Waals surface area contributed by atoms with Crippen LogP contribution in [0.2, 0.25) is 0 Å². The molecule has 3 rings (SSSR count). The number of hydrogen-bond donors (Lipinski definition) is 2. The van der Waals surface area contributed by atoms with Gasteiger partial charge in [-0.25, -0.2) is 4.98 Å². The third-order valence-electron chi connectivity index (χ3n) is 4.20. The van der Waals surface area contributed by atoms with Crippen molar-refractivity contribution in [3.05, 3.63) is 35.3 Å². The maximum Gasteiger partial charge on any atom is 0.224 e. The van der Waals surface area contributed by atoms with Crippen molar-refractivity contribution >= 4 is 35.3 Å². The quantitative estimate of drug-likeness (QED) is 0.874.